The summed E-state index contributed by atoms with van der Waals surface area (Å²) in [6.07, 6.45) is 2.68. The zero-order valence-electron chi connectivity index (χ0n) is 6.94. The minimum atomic E-state index is 0.458. The van der Waals surface area contributed by atoms with E-state index in [2.05, 4.69) is 30.9 Å². The molecule has 1 fully saturated rings. The van der Waals surface area contributed by atoms with Gasteiger partial charge in [0.15, 0.2) is 0 Å². The van der Waals surface area contributed by atoms with Crippen molar-refractivity contribution in [3.05, 3.63) is 0 Å². The van der Waals surface area contributed by atoms with E-state index in [-0.39, 0.29) is 0 Å². The van der Waals surface area contributed by atoms with Crippen LogP contribution in [0.25, 0.3) is 0 Å². The fourth-order valence-electron chi connectivity index (χ4n) is 1.43. The van der Waals surface area contributed by atoms with Gasteiger partial charge in [-0.2, -0.15) is 11.8 Å². The third-order valence-corrected chi connectivity index (χ3v) is 3.19. The van der Waals surface area contributed by atoms with E-state index >= 15 is 0 Å². The summed E-state index contributed by atoms with van der Waals surface area (Å²) in [5, 5.41) is 3.55. The van der Waals surface area contributed by atoms with Gasteiger partial charge in [0.05, 0.1) is 0 Å². The zero-order valence-corrected chi connectivity index (χ0v) is 7.76. The summed E-state index contributed by atoms with van der Waals surface area (Å²) < 4.78 is 0. The molecule has 0 spiro atoms. The van der Waals surface area contributed by atoms with Gasteiger partial charge in [-0.1, -0.05) is 6.92 Å². The number of hydrogen-bond donors (Lipinski definition) is 1. The van der Waals surface area contributed by atoms with Crippen molar-refractivity contribution in [2.75, 3.05) is 18.1 Å². The molecule has 1 rings (SSSR count). The lowest BCUT2D eigenvalue weighted by Crippen LogP contribution is -2.44. The van der Waals surface area contributed by atoms with Crippen LogP contribution in [0.5, 0.6) is 0 Å². The average molecular weight is 159 g/mol. The Labute approximate surface area is 68.0 Å². The number of rotatable bonds is 2. The number of hydrogen-bond acceptors (Lipinski definition) is 2. The van der Waals surface area contributed by atoms with Crippen molar-refractivity contribution in [2.45, 2.75) is 32.2 Å². The van der Waals surface area contributed by atoms with E-state index in [0.717, 1.165) is 6.54 Å². The van der Waals surface area contributed by atoms with E-state index in [1.54, 1.807) is 0 Å². The maximum Gasteiger partial charge on any atom is 0.0168 e. The first-order valence-corrected chi connectivity index (χ1v) is 5.25. The molecule has 60 valence electrons. The topological polar surface area (TPSA) is 12.0 Å². The molecular weight excluding hydrogens is 142 g/mol. The third-order valence-electron chi connectivity index (χ3n) is 2.20. The van der Waals surface area contributed by atoms with Gasteiger partial charge < -0.3 is 5.32 Å². The van der Waals surface area contributed by atoms with Gasteiger partial charge in [0.2, 0.25) is 0 Å². The first-order chi connectivity index (χ1) is 4.77. The van der Waals surface area contributed by atoms with Crippen molar-refractivity contribution in [3.63, 3.8) is 0 Å². The highest BCUT2D eigenvalue weighted by atomic mass is 32.2. The molecule has 0 amide bonds. The first kappa shape index (κ1) is 8.41. The van der Waals surface area contributed by atoms with Crippen LogP contribution >= 0.6 is 11.8 Å². The summed E-state index contributed by atoms with van der Waals surface area (Å²) in [6.45, 7) is 5.64. The Kier molecular flexibility index (Phi) is 3.05. The van der Waals surface area contributed by atoms with Crippen LogP contribution < -0.4 is 5.32 Å². The van der Waals surface area contributed by atoms with E-state index in [4.69, 9.17) is 0 Å². The van der Waals surface area contributed by atoms with Crippen LogP contribution in [0.2, 0.25) is 0 Å². The molecule has 1 heterocycles. The minimum Gasteiger partial charge on any atom is -0.312 e. The summed E-state index contributed by atoms with van der Waals surface area (Å²) in [5.74, 6) is 2.67. The molecular formula is C8H17NS. The van der Waals surface area contributed by atoms with Gasteiger partial charge in [0, 0.05) is 5.54 Å². The Balaban J connectivity index is 2.32. The van der Waals surface area contributed by atoms with Gasteiger partial charge in [-0.15, -0.1) is 0 Å². The second-order valence-corrected chi connectivity index (χ2v) is 4.43. The van der Waals surface area contributed by atoms with Gasteiger partial charge in [-0.05, 0) is 37.8 Å². The maximum atomic E-state index is 3.55. The lowest BCUT2D eigenvalue weighted by molar-refractivity contribution is 0.338. The van der Waals surface area contributed by atoms with Crippen molar-refractivity contribution in [1.29, 1.82) is 0 Å². The Hall–Kier alpha value is 0.310. The third kappa shape index (κ3) is 2.17. The van der Waals surface area contributed by atoms with E-state index < -0.39 is 0 Å². The molecule has 0 aromatic carbocycles. The summed E-state index contributed by atoms with van der Waals surface area (Å²) in [4.78, 5) is 0. The molecule has 10 heavy (non-hydrogen) atoms. The summed E-state index contributed by atoms with van der Waals surface area (Å²) in [6, 6.07) is 0. The average Bonchev–Trinajstić information content (AvgIpc) is 1.89. The zero-order chi connectivity index (χ0) is 7.45. The summed E-state index contributed by atoms with van der Waals surface area (Å²) in [5.41, 5.74) is 0.458. The Morgan fingerprint density at radius 1 is 1.40 bits per heavy atom. The van der Waals surface area contributed by atoms with Crippen LogP contribution in [0.3, 0.4) is 0 Å². The molecule has 0 aromatic rings. The minimum absolute atomic E-state index is 0.458. The van der Waals surface area contributed by atoms with Gasteiger partial charge in [-0.25, -0.2) is 0 Å². The van der Waals surface area contributed by atoms with Crippen molar-refractivity contribution >= 4 is 11.8 Å². The molecule has 1 nitrogen and oxygen atoms in total. The van der Waals surface area contributed by atoms with Crippen molar-refractivity contribution in [3.8, 4) is 0 Å². The summed E-state index contributed by atoms with van der Waals surface area (Å²) >= 11 is 2.08. The maximum absolute atomic E-state index is 3.55. The van der Waals surface area contributed by atoms with E-state index in [0.29, 0.717) is 5.54 Å². The van der Waals surface area contributed by atoms with Gasteiger partial charge in [0.25, 0.3) is 0 Å². The fraction of sp³-hybridized carbons (Fsp3) is 1.00. The molecule has 0 aromatic heterocycles. The van der Waals surface area contributed by atoms with Crippen molar-refractivity contribution < 1.29 is 0 Å². The highest BCUT2D eigenvalue weighted by Gasteiger charge is 2.24. The molecule has 1 N–H and O–H groups in total. The van der Waals surface area contributed by atoms with Gasteiger partial charge >= 0.3 is 0 Å². The fourth-order valence-corrected chi connectivity index (χ4v) is 2.82. The molecule has 0 aliphatic carbocycles. The Bertz CT molecular complexity index is 91.9. The first-order valence-electron chi connectivity index (χ1n) is 4.10. The molecule has 0 unspecified atom stereocenters. The molecule has 0 radical (unpaired) electrons. The second kappa shape index (κ2) is 3.63. The van der Waals surface area contributed by atoms with Crippen LogP contribution in [-0.4, -0.2) is 23.6 Å². The standard InChI is InChI=1S/C8H17NS/c1-3-9-8(2)4-6-10-7-5-8/h9H,3-7H2,1-2H3. The predicted octanol–water partition coefficient (Wildman–Crippen LogP) is 1.88. The SMILES string of the molecule is CCNC1(C)CCSCC1. The highest BCUT2D eigenvalue weighted by molar-refractivity contribution is 7.99. The van der Waals surface area contributed by atoms with Crippen LogP contribution in [0.15, 0.2) is 0 Å². The van der Waals surface area contributed by atoms with Crippen LogP contribution in [-0.2, 0) is 0 Å². The molecule has 0 atom stereocenters. The quantitative estimate of drug-likeness (QED) is 0.660. The smallest absolute Gasteiger partial charge is 0.0168 e. The number of nitrogens with one attached hydrogen (secondary N) is 1. The molecule has 1 saturated heterocycles. The monoisotopic (exact) mass is 159 g/mol. The van der Waals surface area contributed by atoms with E-state index in [9.17, 15) is 0 Å². The molecule has 0 saturated carbocycles. The number of thioether (sulfide) groups is 1. The highest BCUT2D eigenvalue weighted by Crippen LogP contribution is 2.25. The molecule has 1 aliphatic heterocycles. The van der Waals surface area contributed by atoms with Crippen LogP contribution in [0, 0.1) is 0 Å². The normalized spacial score (nSPS) is 24.6. The molecule has 1 aliphatic rings. The lowest BCUT2D eigenvalue weighted by Gasteiger charge is -2.34. The van der Waals surface area contributed by atoms with Gasteiger partial charge in [0.1, 0.15) is 0 Å². The van der Waals surface area contributed by atoms with Crippen molar-refractivity contribution in [2.24, 2.45) is 0 Å². The van der Waals surface area contributed by atoms with Gasteiger partial charge in [-0.3, -0.25) is 0 Å². The van der Waals surface area contributed by atoms with Crippen LogP contribution in [0.1, 0.15) is 26.7 Å². The van der Waals surface area contributed by atoms with E-state index in [1.807, 2.05) is 0 Å². The van der Waals surface area contributed by atoms with Crippen molar-refractivity contribution in [1.82, 2.24) is 5.32 Å². The Morgan fingerprint density at radius 2 is 2.00 bits per heavy atom. The van der Waals surface area contributed by atoms with E-state index in [1.165, 1.54) is 24.3 Å². The van der Waals surface area contributed by atoms with Crippen LogP contribution in [0.4, 0.5) is 0 Å². The lowest BCUT2D eigenvalue weighted by atomic mass is 9.95. The Morgan fingerprint density at radius 3 is 2.50 bits per heavy atom. The summed E-state index contributed by atoms with van der Waals surface area (Å²) in [7, 11) is 0. The largest absolute Gasteiger partial charge is 0.312 e. The molecule has 0 bridgehead atoms. The predicted molar refractivity (Wildman–Crippen MR) is 48.6 cm³/mol. The second-order valence-electron chi connectivity index (χ2n) is 3.20. The molecule has 2 heteroatoms.